The molecule has 0 saturated heterocycles. The number of hydrogen-bond acceptors (Lipinski definition) is 4. The molecule has 6 heteroatoms. The Morgan fingerprint density at radius 2 is 2.08 bits per heavy atom. The van der Waals surface area contributed by atoms with Gasteiger partial charge in [0.2, 0.25) is 0 Å². The summed E-state index contributed by atoms with van der Waals surface area (Å²) in [7, 11) is 0. The van der Waals surface area contributed by atoms with Crippen LogP contribution in [0.3, 0.4) is 0 Å². The average molecular weight is 326 g/mol. The van der Waals surface area contributed by atoms with E-state index in [4.69, 9.17) is 15.2 Å². The molecule has 0 atom stereocenters. The Labute approximate surface area is 141 Å². The number of anilines is 1. The van der Waals surface area contributed by atoms with E-state index in [9.17, 15) is 0 Å². The van der Waals surface area contributed by atoms with Gasteiger partial charge in [-0.3, -0.25) is 9.98 Å². The van der Waals surface area contributed by atoms with Crippen molar-refractivity contribution in [3.05, 3.63) is 47.8 Å². The van der Waals surface area contributed by atoms with E-state index >= 15 is 0 Å². The molecule has 1 aliphatic rings. The molecule has 3 rings (SSSR count). The monoisotopic (exact) mass is 326 g/mol. The second kappa shape index (κ2) is 7.68. The summed E-state index contributed by atoms with van der Waals surface area (Å²) >= 11 is 0. The van der Waals surface area contributed by atoms with E-state index in [1.807, 2.05) is 37.4 Å². The molecular formula is C18H22N4O2. The zero-order chi connectivity index (χ0) is 16.8. The van der Waals surface area contributed by atoms with Crippen LogP contribution in [-0.2, 0) is 6.42 Å². The topological polar surface area (TPSA) is 81.8 Å². The molecule has 0 saturated carbocycles. The molecule has 0 bridgehead atoms. The number of nitrogens with one attached hydrogen (secondary N) is 1. The molecule has 0 amide bonds. The summed E-state index contributed by atoms with van der Waals surface area (Å²) in [6, 6.07) is 7.69. The molecule has 6 nitrogen and oxygen atoms in total. The molecule has 0 spiro atoms. The van der Waals surface area contributed by atoms with Crippen molar-refractivity contribution < 1.29 is 9.47 Å². The smallest absolute Gasteiger partial charge is 0.193 e. The molecule has 0 aliphatic carbocycles. The van der Waals surface area contributed by atoms with Gasteiger partial charge in [0.15, 0.2) is 17.5 Å². The summed E-state index contributed by atoms with van der Waals surface area (Å²) < 4.78 is 11.3. The van der Waals surface area contributed by atoms with Crippen LogP contribution in [0.4, 0.5) is 5.69 Å². The molecule has 126 valence electrons. The highest BCUT2D eigenvalue weighted by Crippen LogP contribution is 2.32. The first-order valence-electron chi connectivity index (χ1n) is 8.08. The molecule has 0 radical (unpaired) electrons. The van der Waals surface area contributed by atoms with Crippen molar-refractivity contribution in [3.63, 3.8) is 0 Å². The van der Waals surface area contributed by atoms with E-state index in [-0.39, 0.29) is 0 Å². The minimum Gasteiger partial charge on any atom is -0.490 e. The van der Waals surface area contributed by atoms with Crippen molar-refractivity contribution in [2.75, 3.05) is 25.1 Å². The molecular weight excluding hydrogens is 304 g/mol. The van der Waals surface area contributed by atoms with Crippen molar-refractivity contribution >= 4 is 11.6 Å². The summed E-state index contributed by atoms with van der Waals surface area (Å²) in [5, 5.41) is 3.09. The molecule has 0 fully saturated rings. The summed E-state index contributed by atoms with van der Waals surface area (Å²) in [6.45, 7) is 4.00. The van der Waals surface area contributed by atoms with Gasteiger partial charge < -0.3 is 20.5 Å². The van der Waals surface area contributed by atoms with Gasteiger partial charge >= 0.3 is 0 Å². The van der Waals surface area contributed by atoms with Crippen molar-refractivity contribution in [1.82, 2.24) is 4.98 Å². The Balaban J connectivity index is 1.59. The first-order valence-corrected chi connectivity index (χ1v) is 8.08. The van der Waals surface area contributed by atoms with Crippen LogP contribution in [0.15, 0.2) is 41.7 Å². The summed E-state index contributed by atoms with van der Waals surface area (Å²) in [5.41, 5.74) is 9.21. The van der Waals surface area contributed by atoms with Gasteiger partial charge in [0.25, 0.3) is 0 Å². The van der Waals surface area contributed by atoms with Crippen molar-refractivity contribution in [1.29, 1.82) is 0 Å². The fourth-order valence-electron chi connectivity index (χ4n) is 2.51. The summed E-state index contributed by atoms with van der Waals surface area (Å²) in [6.07, 6.45) is 5.37. The van der Waals surface area contributed by atoms with Crippen LogP contribution in [-0.4, -0.2) is 30.7 Å². The number of fused-ring (bicyclic) bond motifs is 1. The van der Waals surface area contributed by atoms with Gasteiger partial charge in [-0.2, -0.15) is 0 Å². The standard InChI is InChI=1S/C18H22N4O2/c1-13-12-20-7-5-14(13)6-8-21-18(19)22-15-3-4-16-17(11-15)24-10-2-9-23-16/h3-5,7,11-12H,2,6,8-10H2,1H3,(H3,19,21,22). The minimum absolute atomic E-state index is 0.385. The summed E-state index contributed by atoms with van der Waals surface area (Å²) in [4.78, 5) is 8.47. The first-order chi connectivity index (χ1) is 11.7. The highest BCUT2D eigenvalue weighted by molar-refractivity contribution is 5.92. The van der Waals surface area contributed by atoms with E-state index in [0.29, 0.717) is 25.7 Å². The number of pyridine rings is 1. The van der Waals surface area contributed by atoms with Gasteiger partial charge in [0, 0.05) is 37.1 Å². The van der Waals surface area contributed by atoms with E-state index in [1.165, 1.54) is 11.1 Å². The third-order valence-electron chi connectivity index (χ3n) is 3.82. The number of nitrogens with two attached hydrogens (primary N) is 1. The van der Waals surface area contributed by atoms with E-state index < -0.39 is 0 Å². The van der Waals surface area contributed by atoms with Crippen molar-refractivity contribution in [2.45, 2.75) is 19.8 Å². The fourth-order valence-corrected chi connectivity index (χ4v) is 2.51. The number of ether oxygens (including phenoxy) is 2. The number of rotatable bonds is 4. The molecule has 1 aromatic heterocycles. The SMILES string of the molecule is Cc1cnccc1CCN=C(N)Nc1ccc2c(c1)OCCCO2. The lowest BCUT2D eigenvalue weighted by molar-refractivity contribution is 0.297. The van der Waals surface area contributed by atoms with Crippen LogP contribution in [0.1, 0.15) is 17.5 Å². The highest BCUT2D eigenvalue weighted by atomic mass is 16.5. The maximum atomic E-state index is 5.97. The maximum absolute atomic E-state index is 5.97. The van der Waals surface area contributed by atoms with Crippen molar-refractivity contribution in [2.24, 2.45) is 10.7 Å². The normalized spacial score (nSPS) is 14.1. The third-order valence-corrected chi connectivity index (χ3v) is 3.82. The third kappa shape index (κ3) is 4.16. The van der Waals surface area contributed by atoms with Crippen LogP contribution >= 0.6 is 0 Å². The highest BCUT2D eigenvalue weighted by Gasteiger charge is 2.10. The largest absolute Gasteiger partial charge is 0.490 e. The molecule has 3 N–H and O–H groups in total. The van der Waals surface area contributed by atoms with Crippen LogP contribution in [0.25, 0.3) is 0 Å². The number of aromatic nitrogens is 1. The van der Waals surface area contributed by atoms with Gasteiger partial charge in [-0.15, -0.1) is 0 Å². The molecule has 24 heavy (non-hydrogen) atoms. The molecule has 0 unspecified atom stereocenters. The van der Waals surface area contributed by atoms with Crippen LogP contribution in [0.2, 0.25) is 0 Å². The second-order valence-electron chi connectivity index (χ2n) is 5.66. The Bertz CT molecular complexity index is 731. The van der Waals surface area contributed by atoms with Gasteiger partial charge in [0.05, 0.1) is 13.2 Å². The van der Waals surface area contributed by atoms with Gasteiger partial charge in [-0.05, 0) is 42.7 Å². The van der Waals surface area contributed by atoms with Crippen LogP contribution < -0.4 is 20.5 Å². The lowest BCUT2D eigenvalue weighted by Gasteiger charge is -2.11. The van der Waals surface area contributed by atoms with E-state index in [0.717, 1.165) is 30.0 Å². The maximum Gasteiger partial charge on any atom is 0.193 e. The van der Waals surface area contributed by atoms with Crippen LogP contribution in [0, 0.1) is 6.92 Å². The molecule has 2 heterocycles. The average Bonchev–Trinajstić information content (AvgIpc) is 2.81. The fraction of sp³-hybridized carbons (Fsp3) is 0.333. The van der Waals surface area contributed by atoms with Crippen LogP contribution in [0.5, 0.6) is 11.5 Å². The zero-order valence-electron chi connectivity index (χ0n) is 13.8. The van der Waals surface area contributed by atoms with Gasteiger partial charge in [-0.25, -0.2) is 0 Å². The molecule has 2 aromatic rings. The predicted molar refractivity (Wildman–Crippen MR) is 94.8 cm³/mol. The lowest BCUT2D eigenvalue weighted by atomic mass is 10.1. The predicted octanol–water partition coefficient (Wildman–Crippen LogP) is 2.52. The number of guanidine groups is 1. The second-order valence-corrected chi connectivity index (χ2v) is 5.66. The number of aliphatic imine (C=N–C) groups is 1. The van der Waals surface area contributed by atoms with Gasteiger partial charge in [-0.1, -0.05) is 0 Å². The Morgan fingerprint density at radius 1 is 1.25 bits per heavy atom. The number of hydrogen-bond donors (Lipinski definition) is 2. The Kier molecular flexibility index (Phi) is 5.15. The quantitative estimate of drug-likeness (QED) is 0.666. The van der Waals surface area contributed by atoms with Crippen molar-refractivity contribution in [3.8, 4) is 11.5 Å². The number of benzene rings is 1. The number of nitrogens with zero attached hydrogens (tertiary/aromatic N) is 2. The summed E-state index contributed by atoms with van der Waals surface area (Å²) in [5.74, 6) is 1.88. The number of aryl methyl sites for hydroxylation is 1. The minimum atomic E-state index is 0.385. The molecule has 1 aliphatic heterocycles. The van der Waals surface area contributed by atoms with Gasteiger partial charge in [0.1, 0.15) is 0 Å². The zero-order valence-corrected chi connectivity index (χ0v) is 13.8. The Morgan fingerprint density at radius 3 is 2.92 bits per heavy atom. The Hall–Kier alpha value is -2.76. The molecule has 1 aromatic carbocycles. The first kappa shape index (κ1) is 16.1. The van der Waals surface area contributed by atoms with E-state index in [1.54, 1.807) is 6.20 Å². The lowest BCUT2D eigenvalue weighted by Crippen LogP contribution is -2.23. The van der Waals surface area contributed by atoms with E-state index in [2.05, 4.69) is 15.3 Å².